The molecule has 0 unspecified atom stereocenters. The van der Waals surface area contributed by atoms with Crippen molar-refractivity contribution in [2.45, 2.75) is 51.4 Å². The minimum absolute atomic E-state index is 0.321. The molecule has 0 aliphatic heterocycles. The van der Waals surface area contributed by atoms with E-state index in [1.807, 2.05) is 0 Å². The molecule has 0 heterocycles. The molecular weight excluding hydrogens is 318 g/mol. The van der Waals surface area contributed by atoms with E-state index >= 15 is 0 Å². The van der Waals surface area contributed by atoms with Crippen LogP contribution in [0.5, 0.6) is 0 Å². The monoisotopic (exact) mass is 341 g/mol. The van der Waals surface area contributed by atoms with Crippen molar-refractivity contribution in [1.29, 1.82) is 0 Å². The second-order valence-electron chi connectivity index (χ2n) is 6.56. The molecule has 0 spiro atoms. The van der Waals surface area contributed by atoms with E-state index in [1.165, 1.54) is 12.1 Å². The maximum absolute atomic E-state index is 13.7. The molecule has 2 rings (SSSR count). The Balaban J connectivity index is 1.77. The van der Waals surface area contributed by atoms with Gasteiger partial charge in [0, 0.05) is 0 Å². The van der Waals surface area contributed by atoms with E-state index in [0.717, 1.165) is 44.6 Å². The lowest BCUT2D eigenvalue weighted by Crippen LogP contribution is -2.15. The van der Waals surface area contributed by atoms with Gasteiger partial charge >= 0.3 is 0 Å². The first-order valence-corrected chi connectivity index (χ1v) is 8.45. The summed E-state index contributed by atoms with van der Waals surface area (Å²) in [7, 11) is 0. The number of benzene rings is 1. The topological polar surface area (TPSA) is 12.4 Å². The maximum atomic E-state index is 13.7. The van der Waals surface area contributed by atoms with Crippen molar-refractivity contribution in [3.8, 4) is 0 Å². The maximum Gasteiger partial charge on any atom is 0.266 e. The van der Waals surface area contributed by atoms with Crippen LogP contribution in [0.4, 0.5) is 23.2 Å². The fourth-order valence-electron chi connectivity index (χ4n) is 3.52. The third-order valence-corrected chi connectivity index (χ3v) is 4.92. The zero-order chi connectivity index (χ0) is 17.5. The second kappa shape index (κ2) is 9.00. The van der Waals surface area contributed by atoms with Gasteiger partial charge in [-0.15, -0.1) is 0 Å². The number of hydrogen-bond acceptors (Lipinski definition) is 1. The Bertz CT molecular complexity index is 562. The lowest BCUT2D eigenvalue weighted by atomic mass is 9.78. The molecule has 0 bridgehead atoms. The van der Waals surface area contributed by atoms with E-state index in [0.29, 0.717) is 30.2 Å². The van der Waals surface area contributed by atoms with Crippen molar-refractivity contribution in [2.75, 3.05) is 0 Å². The highest BCUT2D eigenvalue weighted by molar-refractivity contribution is 5.48. The van der Waals surface area contributed by atoms with Crippen LogP contribution in [0.25, 0.3) is 0 Å². The molecule has 1 aromatic carbocycles. The van der Waals surface area contributed by atoms with Crippen LogP contribution in [-0.2, 0) is 6.42 Å². The molecule has 1 aliphatic rings. The minimum atomic E-state index is -1.60. The van der Waals surface area contributed by atoms with E-state index in [9.17, 15) is 17.6 Å². The van der Waals surface area contributed by atoms with Crippen LogP contribution in [0.3, 0.4) is 0 Å². The molecule has 0 radical (unpaired) electrons. The molecule has 0 aromatic heterocycles. The average molecular weight is 341 g/mol. The SMILES string of the molecule is C=Nc1c(F)cc(CCC2CCC(CCC=C(F)F)CC2)cc1F. The van der Waals surface area contributed by atoms with Crippen LogP contribution < -0.4 is 0 Å². The first-order valence-electron chi connectivity index (χ1n) is 8.45. The highest BCUT2D eigenvalue weighted by Gasteiger charge is 2.21. The second-order valence-corrected chi connectivity index (χ2v) is 6.56. The van der Waals surface area contributed by atoms with Gasteiger partial charge < -0.3 is 0 Å². The van der Waals surface area contributed by atoms with Gasteiger partial charge in [-0.1, -0.05) is 25.7 Å². The normalized spacial score (nSPS) is 20.7. The van der Waals surface area contributed by atoms with E-state index in [2.05, 4.69) is 11.7 Å². The number of aryl methyl sites for hydroxylation is 1. The molecule has 132 valence electrons. The molecule has 0 N–H and O–H groups in total. The van der Waals surface area contributed by atoms with Gasteiger partial charge in [0.15, 0.2) is 11.6 Å². The molecule has 1 aliphatic carbocycles. The van der Waals surface area contributed by atoms with Crippen molar-refractivity contribution in [3.63, 3.8) is 0 Å². The molecular formula is C19H23F4N. The number of allylic oxidation sites excluding steroid dienone is 1. The van der Waals surface area contributed by atoms with Crippen molar-refractivity contribution in [3.05, 3.63) is 41.5 Å². The molecule has 0 amide bonds. The summed E-state index contributed by atoms with van der Waals surface area (Å²) in [6, 6.07) is 2.66. The zero-order valence-corrected chi connectivity index (χ0v) is 13.7. The van der Waals surface area contributed by atoms with Crippen LogP contribution in [0, 0.1) is 23.5 Å². The molecule has 1 saturated carbocycles. The van der Waals surface area contributed by atoms with Gasteiger partial charge in [0.1, 0.15) is 5.69 Å². The zero-order valence-electron chi connectivity index (χ0n) is 13.7. The van der Waals surface area contributed by atoms with Gasteiger partial charge in [-0.25, -0.2) is 8.78 Å². The molecule has 5 heteroatoms. The van der Waals surface area contributed by atoms with E-state index in [4.69, 9.17) is 0 Å². The molecule has 24 heavy (non-hydrogen) atoms. The minimum Gasteiger partial charge on any atom is -0.258 e. The van der Waals surface area contributed by atoms with Gasteiger partial charge in [-0.05, 0) is 68.0 Å². The highest BCUT2D eigenvalue weighted by Crippen LogP contribution is 2.34. The Hall–Kier alpha value is -1.65. The predicted octanol–water partition coefficient (Wildman–Crippen LogP) is 6.60. The number of aliphatic imine (C=N–C) groups is 1. The van der Waals surface area contributed by atoms with Crippen LogP contribution in [-0.4, -0.2) is 6.72 Å². The third kappa shape index (κ3) is 5.46. The van der Waals surface area contributed by atoms with Crippen LogP contribution in [0.2, 0.25) is 0 Å². The van der Waals surface area contributed by atoms with Gasteiger partial charge in [0.2, 0.25) is 0 Å². The fourth-order valence-corrected chi connectivity index (χ4v) is 3.52. The van der Waals surface area contributed by atoms with Crippen LogP contribution >= 0.6 is 0 Å². The summed E-state index contributed by atoms with van der Waals surface area (Å²) < 4.78 is 51.4. The summed E-state index contributed by atoms with van der Waals surface area (Å²) in [5.41, 5.74) is 0.320. The lowest BCUT2D eigenvalue weighted by molar-refractivity contribution is 0.253. The molecule has 1 aromatic rings. The van der Waals surface area contributed by atoms with Crippen molar-refractivity contribution >= 4 is 12.4 Å². The van der Waals surface area contributed by atoms with E-state index in [-0.39, 0.29) is 5.69 Å². The number of hydrogen-bond donors (Lipinski definition) is 0. The van der Waals surface area contributed by atoms with Gasteiger partial charge in [-0.2, -0.15) is 8.78 Å². The Morgan fingerprint density at radius 2 is 1.58 bits per heavy atom. The van der Waals surface area contributed by atoms with Crippen molar-refractivity contribution in [2.24, 2.45) is 16.8 Å². The summed E-state index contributed by atoms with van der Waals surface area (Å²) in [5.74, 6) is -0.281. The van der Waals surface area contributed by atoms with E-state index < -0.39 is 17.7 Å². The predicted molar refractivity (Wildman–Crippen MR) is 88.9 cm³/mol. The Morgan fingerprint density at radius 3 is 2.08 bits per heavy atom. The Kier molecular flexibility index (Phi) is 7.00. The quantitative estimate of drug-likeness (QED) is 0.391. The molecule has 0 atom stereocenters. The van der Waals surface area contributed by atoms with Gasteiger partial charge in [0.25, 0.3) is 6.08 Å². The number of nitrogens with zero attached hydrogens (tertiary/aromatic N) is 1. The molecule has 1 nitrogen and oxygen atoms in total. The van der Waals surface area contributed by atoms with Gasteiger partial charge in [-0.3, -0.25) is 4.99 Å². The first-order chi connectivity index (χ1) is 11.5. The number of halogens is 4. The number of rotatable bonds is 7. The van der Waals surface area contributed by atoms with Crippen molar-refractivity contribution < 1.29 is 17.6 Å². The van der Waals surface area contributed by atoms with Crippen molar-refractivity contribution in [1.82, 2.24) is 0 Å². The summed E-state index contributed by atoms with van der Waals surface area (Å²) in [6.45, 7) is 3.16. The highest BCUT2D eigenvalue weighted by atomic mass is 19.3. The Morgan fingerprint density at radius 1 is 1.04 bits per heavy atom. The lowest BCUT2D eigenvalue weighted by Gasteiger charge is -2.28. The standard InChI is InChI=1S/C19H23F4N/c1-24-19-16(20)11-15(12-17(19)21)10-9-14-7-5-13(6-8-14)3-2-4-18(22)23/h4,11-14H,1-3,5-10H2. The molecule has 1 fully saturated rings. The van der Waals surface area contributed by atoms with Gasteiger partial charge in [0.05, 0.1) is 0 Å². The van der Waals surface area contributed by atoms with Crippen LogP contribution in [0.1, 0.15) is 50.5 Å². The largest absolute Gasteiger partial charge is 0.266 e. The molecule has 0 saturated heterocycles. The fraction of sp³-hybridized carbons (Fsp3) is 0.526. The summed E-state index contributed by atoms with van der Waals surface area (Å²) in [6.07, 6.45) is 6.41. The van der Waals surface area contributed by atoms with Crippen LogP contribution in [0.15, 0.2) is 29.3 Å². The third-order valence-electron chi connectivity index (χ3n) is 4.92. The summed E-state index contributed by atoms with van der Waals surface area (Å²) in [4.78, 5) is 3.35. The smallest absolute Gasteiger partial charge is 0.258 e. The Labute approximate surface area is 140 Å². The summed E-state index contributed by atoms with van der Waals surface area (Å²) in [5, 5.41) is 0. The average Bonchev–Trinajstić information content (AvgIpc) is 2.53. The first kappa shape index (κ1) is 18.7. The summed E-state index contributed by atoms with van der Waals surface area (Å²) >= 11 is 0. The van der Waals surface area contributed by atoms with E-state index in [1.54, 1.807) is 0 Å².